The van der Waals surface area contributed by atoms with E-state index < -0.39 is 0 Å². The van der Waals surface area contributed by atoms with E-state index in [9.17, 15) is 4.79 Å². The van der Waals surface area contributed by atoms with Gasteiger partial charge in [-0.05, 0) is 33.3 Å². The number of anilines is 1. The van der Waals surface area contributed by atoms with E-state index in [0.29, 0.717) is 4.88 Å². The van der Waals surface area contributed by atoms with E-state index in [1.54, 1.807) is 12.1 Å². The monoisotopic (exact) mass is 273 g/mol. The van der Waals surface area contributed by atoms with Gasteiger partial charge in [0.15, 0.2) is 0 Å². The van der Waals surface area contributed by atoms with Crippen LogP contribution in [0.2, 0.25) is 0 Å². The van der Waals surface area contributed by atoms with Crippen molar-refractivity contribution in [3.05, 3.63) is 20.8 Å². The summed E-state index contributed by atoms with van der Waals surface area (Å²) < 4.78 is 0.899. The normalized spacial score (nSPS) is 10.1. The van der Waals surface area contributed by atoms with Crippen molar-refractivity contribution < 1.29 is 4.79 Å². The molecule has 2 aromatic rings. The molecule has 2 N–H and O–H groups in total. The van der Waals surface area contributed by atoms with Crippen molar-refractivity contribution >= 4 is 39.1 Å². The second kappa shape index (κ2) is 3.84. The quantitative estimate of drug-likeness (QED) is 0.863. The number of amides is 1. The van der Waals surface area contributed by atoms with Crippen LogP contribution in [0, 0.1) is 0 Å². The van der Waals surface area contributed by atoms with Gasteiger partial charge in [-0.1, -0.05) is 5.10 Å². The zero-order chi connectivity index (χ0) is 9.97. The van der Waals surface area contributed by atoms with E-state index in [-0.39, 0.29) is 11.9 Å². The third-order valence-electron chi connectivity index (χ3n) is 1.37. The van der Waals surface area contributed by atoms with E-state index in [1.165, 1.54) is 11.3 Å². The van der Waals surface area contributed by atoms with Crippen LogP contribution in [0.3, 0.4) is 0 Å². The van der Waals surface area contributed by atoms with Crippen molar-refractivity contribution in [3.63, 3.8) is 0 Å². The van der Waals surface area contributed by atoms with Crippen LogP contribution in [-0.2, 0) is 0 Å². The summed E-state index contributed by atoms with van der Waals surface area (Å²) in [5.41, 5.74) is 0. The minimum Gasteiger partial charge on any atom is -0.287 e. The van der Waals surface area contributed by atoms with Gasteiger partial charge >= 0.3 is 0 Å². The van der Waals surface area contributed by atoms with Crippen molar-refractivity contribution in [1.29, 1.82) is 0 Å². The van der Waals surface area contributed by atoms with Crippen LogP contribution in [-0.4, -0.2) is 26.5 Å². The molecule has 1 amide bonds. The number of halogens is 1. The maximum absolute atomic E-state index is 11.5. The Morgan fingerprint density at radius 3 is 3.00 bits per heavy atom. The third kappa shape index (κ3) is 1.96. The van der Waals surface area contributed by atoms with E-state index in [2.05, 4.69) is 41.9 Å². The van der Waals surface area contributed by atoms with Gasteiger partial charge in [-0.15, -0.1) is 16.4 Å². The van der Waals surface area contributed by atoms with Crippen LogP contribution in [0.5, 0.6) is 0 Å². The second-order valence-electron chi connectivity index (χ2n) is 2.29. The summed E-state index contributed by atoms with van der Waals surface area (Å²) in [6, 6.07) is 3.51. The maximum Gasteiger partial charge on any atom is 0.270 e. The highest BCUT2D eigenvalue weighted by Gasteiger charge is 2.10. The Labute approximate surface area is 90.8 Å². The van der Waals surface area contributed by atoms with Crippen LogP contribution < -0.4 is 5.32 Å². The highest BCUT2D eigenvalue weighted by atomic mass is 79.9. The lowest BCUT2D eigenvalue weighted by atomic mass is 10.4. The van der Waals surface area contributed by atoms with Crippen LogP contribution in [0.25, 0.3) is 0 Å². The minimum atomic E-state index is -0.248. The number of rotatable bonds is 2. The highest BCUT2D eigenvalue weighted by molar-refractivity contribution is 9.11. The number of H-pyrrole nitrogens is 1. The summed E-state index contributed by atoms with van der Waals surface area (Å²) in [6.45, 7) is 0. The molecule has 14 heavy (non-hydrogen) atoms. The molecule has 0 atom stereocenters. The SMILES string of the molecule is O=C(Nc1nn[nH]n1)c1ccc(Br)s1. The molecule has 0 aliphatic heterocycles. The zero-order valence-corrected chi connectivity index (χ0v) is 9.09. The van der Waals surface area contributed by atoms with Gasteiger partial charge in [-0.3, -0.25) is 10.1 Å². The Kier molecular flexibility index (Phi) is 2.55. The fourth-order valence-corrected chi connectivity index (χ4v) is 2.10. The van der Waals surface area contributed by atoms with Crippen molar-refractivity contribution in [2.24, 2.45) is 0 Å². The Morgan fingerprint density at radius 1 is 1.57 bits per heavy atom. The number of thiophene rings is 1. The lowest BCUT2D eigenvalue weighted by molar-refractivity contribution is 0.102. The molecule has 0 aliphatic carbocycles. The van der Waals surface area contributed by atoms with Gasteiger partial charge in [0.25, 0.3) is 11.9 Å². The molecule has 0 aliphatic rings. The largest absolute Gasteiger partial charge is 0.287 e. The first-order chi connectivity index (χ1) is 6.75. The van der Waals surface area contributed by atoms with Crippen molar-refractivity contribution in [2.45, 2.75) is 0 Å². The minimum absolute atomic E-state index is 0.166. The van der Waals surface area contributed by atoms with Crippen molar-refractivity contribution in [2.75, 3.05) is 5.32 Å². The molecule has 0 unspecified atom stereocenters. The smallest absolute Gasteiger partial charge is 0.270 e. The fourth-order valence-electron chi connectivity index (χ4n) is 0.814. The Hall–Kier alpha value is -1.28. The second-order valence-corrected chi connectivity index (χ2v) is 4.76. The number of tetrazole rings is 1. The number of aromatic nitrogens is 4. The number of carbonyl (C=O) groups excluding carboxylic acids is 1. The molecule has 72 valence electrons. The molecule has 0 spiro atoms. The molecule has 0 radical (unpaired) electrons. The molecule has 0 saturated heterocycles. The van der Waals surface area contributed by atoms with Gasteiger partial charge in [0, 0.05) is 0 Å². The van der Waals surface area contributed by atoms with Crippen LogP contribution in [0.4, 0.5) is 5.95 Å². The lowest BCUT2D eigenvalue weighted by Crippen LogP contribution is -2.11. The van der Waals surface area contributed by atoms with Gasteiger partial charge in [0.05, 0.1) is 8.66 Å². The van der Waals surface area contributed by atoms with Gasteiger partial charge in [-0.25, -0.2) is 0 Å². The third-order valence-corrected chi connectivity index (χ3v) is 2.99. The summed E-state index contributed by atoms with van der Waals surface area (Å²) in [5, 5.41) is 15.2. The predicted molar refractivity (Wildman–Crippen MR) is 54.1 cm³/mol. The molecule has 2 aromatic heterocycles. The molecule has 0 aromatic carbocycles. The van der Waals surface area contributed by atoms with Crippen LogP contribution >= 0.6 is 27.3 Å². The number of hydrogen-bond acceptors (Lipinski definition) is 5. The number of carbonyl (C=O) groups is 1. The van der Waals surface area contributed by atoms with Gasteiger partial charge in [0.2, 0.25) is 0 Å². The Bertz CT molecular complexity index is 439. The van der Waals surface area contributed by atoms with E-state index in [0.717, 1.165) is 3.79 Å². The molecule has 8 heteroatoms. The van der Waals surface area contributed by atoms with Crippen molar-refractivity contribution in [1.82, 2.24) is 20.6 Å². The fraction of sp³-hybridized carbons (Fsp3) is 0. The summed E-state index contributed by atoms with van der Waals surface area (Å²) in [7, 11) is 0. The van der Waals surface area contributed by atoms with Crippen LogP contribution in [0.1, 0.15) is 9.67 Å². The van der Waals surface area contributed by atoms with E-state index in [1.807, 2.05) is 0 Å². The number of aromatic amines is 1. The van der Waals surface area contributed by atoms with Crippen molar-refractivity contribution in [3.8, 4) is 0 Å². The van der Waals surface area contributed by atoms with Gasteiger partial charge < -0.3 is 0 Å². The Balaban J connectivity index is 2.10. The van der Waals surface area contributed by atoms with Crippen LogP contribution in [0.15, 0.2) is 15.9 Å². The standard InChI is InChI=1S/C6H4BrN5OS/c7-4-2-1-3(14-4)5(13)8-6-9-11-12-10-6/h1-2H,(H2,8,9,10,11,12,13). The number of nitrogens with one attached hydrogen (secondary N) is 2. The predicted octanol–water partition coefficient (Wildman–Crippen LogP) is 1.28. The number of nitrogens with zero attached hydrogens (tertiary/aromatic N) is 3. The van der Waals surface area contributed by atoms with E-state index in [4.69, 9.17) is 0 Å². The summed E-state index contributed by atoms with van der Waals surface area (Å²) in [5.74, 6) is -0.0818. The first-order valence-corrected chi connectivity index (χ1v) is 5.17. The molecule has 0 saturated carbocycles. The molecule has 6 nitrogen and oxygen atoms in total. The topological polar surface area (TPSA) is 83.6 Å². The summed E-state index contributed by atoms with van der Waals surface area (Å²) in [6.07, 6.45) is 0. The highest BCUT2D eigenvalue weighted by Crippen LogP contribution is 2.22. The Morgan fingerprint density at radius 2 is 2.43 bits per heavy atom. The maximum atomic E-state index is 11.5. The summed E-state index contributed by atoms with van der Waals surface area (Å²) >= 11 is 4.60. The van der Waals surface area contributed by atoms with E-state index >= 15 is 0 Å². The molecule has 0 bridgehead atoms. The first-order valence-electron chi connectivity index (χ1n) is 3.56. The molecular formula is C6H4BrN5OS. The number of hydrogen-bond donors (Lipinski definition) is 2. The first kappa shape index (κ1) is 9.28. The molecular weight excluding hydrogens is 270 g/mol. The molecule has 2 rings (SSSR count). The van der Waals surface area contributed by atoms with Gasteiger partial charge in [-0.2, -0.15) is 5.21 Å². The average Bonchev–Trinajstić information content (AvgIpc) is 2.75. The molecule has 0 fully saturated rings. The zero-order valence-electron chi connectivity index (χ0n) is 6.69. The van der Waals surface area contributed by atoms with Gasteiger partial charge in [0.1, 0.15) is 0 Å². The lowest BCUT2D eigenvalue weighted by Gasteiger charge is -1.94. The average molecular weight is 274 g/mol. The molecule has 2 heterocycles. The summed E-state index contributed by atoms with van der Waals surface area (Å²) in [4.78, 5) is 12.1.